The normalized spacial score (nSPS) is 10.9. The third-order valence-electron chi connectivity index (χ3n) is 2.69. The summed E-state index contributed by atoms with van der Waals surface area (Å²) in [6, 6.07) is 1.86. The molecule has 0 radical (unpaired) electrons. The van der Waals surface area contributed by atoms with E-state index in [9.17, 15) is 4.79 Å². The van der Waals surface area contributed by atoms with Crippen LogP contribution in [0.5, 0.6) is 0 Å². The molecule has 0 aromatic carbocycles. The number of imidazole rings is 1. The lowest BCUT2D eigenvalue weighted by Crippen LogP contribution is -2.09. The summed E-state index contributed by atoms with van der Waals surface area (Å²) in [7, 11) is 3.19. The van der Waals surface area contributed by atoms with Gasteiger partial charge in [0.2, 0.25) is 0 Å². The van der Waals surface area contributed by atoms with Crippen LogP contribution in [0.3, 0.4) is 0 Å². The van der Waals surface area contributed by atoms with E-state index in [1.165, 1.54) is 0 Å². The smallest absolute Gasteiger partial charge is 0.360 e. The van der Waals surface area contributed by atoms with E-state index in [1.54, 1.807) is 31.9 Å². The van der Waals surface area contributed by atoms with Gasteiger partial charge >= 0.3 is 5.97 Å². The maximum atomic E-state index is 11.9. The van der Waals surface area contributed by atoms with Crippen LogP contribution < -0.4 is 0 Å². The molecule has 0 saturated heterocycles. The van der Waals surface area contributed by atoms with E-state index in [0.717, 1.165) is 5.69 Å². The van der Waals surface area contributed by atoms with E-state index in [2.05, 4.69) is 9.97 Å². The SMILES string of the molecule is CCOC(=O)c1ncn2c(COC)cc(COC)nc12. The Balaban J connectivity index is 2.54. The van der Waals surface area contributed by atoms with Crippen molar-refractivity contribution in [2.45, 2.75) is 20.1 Å². The molecule has 0 spiro atoms. The second kappa shape index (κ2) is 6.44. The van der Waals surface area contributed by atoms with E-state index >= 15 is 0 Å². The highest BCUT2D eigenvalue weighted by Gasteiger charge is 2.18. The lowest BCUT2D eigenvalue weighted by molar-refractivity contribution is 0.0522. The zero-order valence-corrected chi connectivity index (χ0v) is 11.8. The van der Waals surface area contributed by atoms with Gasteiger partial charge in [0.25, 0.3) is 0 Å². The molecule has 0 aliphatic carbocycles. The molecule has 0 unspecified atom stereocenters. The van der Waals surface area contributed by atoms with Crippen molar-refractivity contribution in [1.82, 2.24) is 14.4 Å². The lowest BCUT2D eigenvalue weighted by atomic mass is 10.3. The fourth-order valence-electron chi connectivity index (χ4n) is 1.91. The molecule has 0 fully saturated rings. The fraction of sp³-hybridized carbons (Fsp3) is 0.462. The predicted molar refractivity (Wildman–Crippen MR) is 70.4 cm³/mol. The van der Waals surface area contributed by atoms with Crippen LogP contribution in [-0.2, 0) is 27.4 Å². The Hall–Kier alpha value is -1.99. The molecule has 2 aromatic heterocycles. The van der Waals surface area contributed by atoms with Crippen molar-refractivity contribution < 1.29 is 19.0 Å². The minimum absolute atomic E-state index is 0.196. The van der Waals surface area contributed by atoms with E-state index in [-0.39, 0.29) is 5.69 Å². The highest BCUT2D eigenvalue weighted by molar-refractivity contribution is 5.93. The van der Waals surface area contributed by atoms with Gasteiger partial charge in [-0.15, -0.1) is 0 Å². The van der Waals surface area contributed by atoms with E-state index in [4.69, 9.17) is 14.2 Å². The number of esters is 1. The average Bonchev–Trinajstić information content (AvgIpc) is 2.84. The van der Waals surface area contributed by atoms with Gasteiger partial charge in [-0.1, -0.05) is 0 Å². The molecular weight excluding hydrogens is 262 g/mol. The Morgan fingerprint density at radius 1 is 1.30 bits per heavy atom. The van der Waals surface area contributed by atoms with Crippen LogP contribution in [0.1, 0.15) is 28.8 Å². The van der Waals surface area contributed by atoms with E-state index in [0.29, 0.717) is 31.2 Å². The summed E-state index contributed by atoms with van der Waals surface area (Å²) in [5, 5.41) is 0. The molecular formula is C13H17N3O4. The van der Waals surface area contributed by atoms with Gasteiger partial charge < -0.3 is 14.2 Å². The summed E-state index contributed by atoms with van der Waals surface area (Å²) in [6.07, 6.45) is 1.54. The first-order valence-electron chi connectivity index (χ1n) is 6.22. The van der Waals surface area contributed by atoms with Crippen molar-refractivity contribution in [3.63, 3.8) is 0 Å². The Bertz CT molecular complexity index is 609. The number of carbonyl (C=O) groups is 1. The van der Waals surface area contributed by atoms with Crippen molar-refractivity contribution in [1.29, 1.82) is 0 Å². The number of carbonyl (C=O) groups excluding carboxylic acids is 1. The highest BCUT2D eigenvalue weighted by Crippen LogP contribution is 2.14. The summed E-state index contributed by atoms with van der Waals surface area (Å²) in [5.74, 6) is -0.486. The van der Waals surface area contributed by atoms with Crippen LogP contribution in [-0.4, -0.2) is 41.2 Å². The Morgan fingerprint density at radius 2 is 2.05 bits per heavy atom. The molecule has 0 bridgehead atoms. The summed E-state index contributed by atoms with van der Waals surface area (Å²) in [4.78, 5) is 20.3. The second-order valence-corrected chi connectivity index (χ2v) is 4.11. The third-order valence-corrected chi connectivity index (χ3v) is 2.69. The first-order valence-corrected chi connectivity index (χ1v) is 6.22. The Kier molecular flexibility index (Phi) is 4.65. The van der Waals surface area contributed by atoms with E-state index < -0.39 is 5.97 Å². The minimum Gasteiger partial charge on any atom is -0.461 e. The van der Waals surface area contributed by atoms with Crippen LogP contribution in [0.2, 0.25) is 0 Å². The molecule has 2 rings (SSSR count). The monoisotopic (exact) mass is 279 g/mol. The lowest BCUT2D eigenvalue weighted by Gasteiger charge is -2.08. The number of aromatic nitrogens is 3. The van der Waals surface area contributed by atoms with Gasteiger partial charge in [-0.25, -0.2) is 14.8 Å². The van der Waals surface area contributed by atoms with Crippen molar-refractivity contribution in [2.75, 3.05) is 20.8 Å². The predicted octanol–water partition coefficient (Wildman–Crippen LogP) is 1.20. The number of nitrogens with zero attached hydrogens (tertiary/aromatic N) is 3. The first kappa shape index (κ1) is 14.4. The number of hydrogen-bond donors (Lipinski definition) is 0. The van der Waals surface area contributed by atoms with Gasteiger partial charge in [-0.3, -0.25) is 4.40 Å². The quantitative estimate of drug-likeness (QED) is 0.740. The van der Waals surface area contributed by atoms with Crippen molar-refractivity contribution in [3.05, 3.63) is 29.5 Å². The fourth-order valence-corrected chi connectivity index (χ4v) is 1.91. The zero-order chi connectivity index (χ0) is 14.5. The number of ether oxygens (including phenoxy) is 3. The van der Waals surface area contributed by atoms with Crippen molar-refractivity contribution in [3.8, 4) is 0 Å². The number of hydrogen-bond acceptors (Lipinski definition) is 6. The van der Waals surface area contributed by atoms with Crippen LogP contribution in [0.15, 0.2) is 12.4 Å². The second-order valence-electron chi connectivity index (χ2n) is 4.11. The molecule has 2 heterocycles. The Labute approximate surface area is 116 Å². The molecule has 0 aliphatic heterocycles. The molecule has 2 aromatic rings. The molecule has 108 valence electrons. The molecule has 7 heteroatoms. The largest absolute Gasteiger partial charge is 0.461 e. The summed E-state index contributed by atoms with van der Waals surface area (Å²) in [5.41, 5.74) is 2.19. The van der Waals surface area contributed by atoms with Crippen LogP contribution in [0.4, 0.5) is 0 Å². The minimum atomic E-state index is -0.486. The summed E-state index contributed by atoms with van der Waals surface area (Å²) >= 11 is 0. The topological polar surface area (TPSA) is 75.0 Å². The molecule has 7 nitrogen and oxygen atoms in total. The molecule has 0 atom stereocenters. The molecule has 0 aliphatic rings. The molecule has 20 heavy (non-hydrogen) atoms. The van der Waals surface area contributed by atoms with Crippen molar-refractivity contribution >= 4 is 11.6 Å². The van der Waals surface area contributed by atoms with Crippen molar-refractivity contribution in [2.24, 2.45) is 0 Å². The Morgan fingerprint density at radius 3 is 2.70 bits per heavy atom. The standard InChI is InChI=1S/C13H17N3O4/c1-4-20-13(17)11-12-15-9(6-18-2)5-10(7-19-3)16(12)8-14-11/h5,8H,4,6-7H2,1-3H3. The molecule has 0 saturated carbocycles. The summed E-state index contributed by atoms with van der Waals surface area (Å²) < 4.78 is 16.9. The van der Waals surface area contributed by atoms with Crippen LogP contribution >= 0.6 is 0 Å². The maximum absolute atomic E-state index is 11.9. The van der Waals surface area contributed by atoms with Gasteiger partial charge in [0.05, 0.1) is 31.2 Å². The summed E-state index contributed by atoms with van der Waals surface area (Å²) in [6.45, 7) is 2.77. The number of rotatable bonds is 6. The van der Waals surface area contributed by atoms with E-state index in [1.807, 2.05) is 6.07 Å². The third kappa shape index (κ3) is 2.78. The van der Waals surface area contributed by atoms with Crippen LogP contribution in [0, 0.1) is 0 Å². The molecule has 0 N–H and O–H groups in total. The van der Waals surface area contributed by atoms with Gasteiger partial charge in [-0.05, 0) is 13.0 Å². The first-order chi connectivity index (χ1) is 9.71. The van der Waals surface area contributed by atoms with Gasteiger partial charge in [0, 0.05) is 14.2 Å². The average molecular weight is 279 g/mol. The van der Waals surface area contributed by atoms with Crippen LogP contribution in [0.25, 0.3) is 5.65 Å². The van der Waals surface area contributed by atoms with Gasteiger partial charge in [-0.2, -0.15) is 0 Å². The maximum Gasteiger partial charge on any atom is 0.360 e. The number of methoxy groups -OCH3 is 2. The highest BCUT2D eigenvalue weighted by atomic mass is 16.5. The van der Waals surface area contributed by atoms with Gasteiger partial charge in [0.1, 0.15) is 6.33 Å². The zero-order valence-electron chi connectivity index (χ0n) is 11.8. The molecule has 0 amide bonds. The number of fused-ring (bicyclic) bond motifs is 1. The van der Waals surface area contributed by atoms with Gasteiger partial charge in [0.15, 0.2) is 11.3 Å².